The normalized spacial score (nSPS) is 10.0. The predicted molar refractivity (Wildman–Crippen MR) is 85.0 cm³/mol. The molecule has 0 radical (unpaired) electrons. The van der Waals surface area contributed by atoms with E-state index in [0.29, 0.717) is 17.3 Å². The number of para-hydroxylation sites is 1. The Labute approximate surface area is 129 Å². The molecule has 0 fully saturated rings. The lowest BCUT2D eigenvalue weighted by atomic mass is 10.2. The molecular weight excluding hydrogens is 288 g/mol. The number of halogens is 1. The van der Waals surface area contributed by atoms with E-state index in [0.717, 1.165) is 16.9 Å². The van der Waals surface area contributed by atoms with Gasteiger partial charge in [0.05, 0.1) is 7.11 Å². The molecule has 0 bridgehead atoms. The molecule has 0 aromatic heterocycles. The van der Waals surface area contributed by atoms with Gasteiger partial charge in [-0.15, -0.1) is 0 Å². The zero-order valence-electron chi connectivity index (χ0n) is 11.9. The minimum absolute atomic E-state index is 0.286. The first-order valence-electron chi connectivity index (χ1n) is 6.53. The fraction of sp³-hybridized carbons (Fsp3) is 0.188. The van der Waals surface area contributed by atoms with Gasteiger partial charge in [0.1, 0.15) is 5.75 Å². The Balaban J connectivity index is 1.98. The maximum Gasteiger partial charge on any atom is 0.319 e. The monoisotopic (exact) mass is 304 g/mol. The van der Waals surface area contributed by atoms with E-state index < -0.39 is 0 Å². The Kier molecular flexibility index (Phi) is 5.06. The third kappa shape index (κ3) is 3.89. The van der Waals surface area contributed by atoms with E-state index in [4.69, 9.17) is 16.3 Å². The van der Waals surface area contributed by atoms with Crippen molar-refractivity contribution in [1.29, 1.82) is 0 Å². The molecule has 2 aromatic carbocycles. The highest BCUT2D eigenvalue weighted by Gasteiger charge is 2.07. The molecule has 21 heavy (non-hydrogen) atoms. The smallest absolute Gasteiger partial charge is 0.319 e. The Morgan fingerprint density at radius 1 is 1.19 bits per heavy atom. The van der Waals surface area contributed by atoms with E-state index in [-0.39, 0.29) is 6.03 Å². The first-order valence-corrected chi connectivity index (χ1v) is 6.91. The van der Waals surface area contributed by atoms with Crippen molar-refractivity contribution in [2.24, 2.45) is 0 Å². The van der Waals surface area contributed by atoms with Gasteiger partial charge in [-0.05, 0) is 30.7 Å². The van der Waals surface area contributed by atoms with Crippen LogP contribution in [0.1, 0.15) is 11.1 Å². The Hall–Kier alpha value is -2.20. The molecule has 0 spiro atoms. The molecule has 2 rings (SSSR count). The van der Waals surface area contributed by atoms with Crippen LogP contribution in [0.2, 0.25) is 5.02 Å². The number of hydrogen-bond donors (Lipinski definition) is 2. The molecule has 0 heterocycles. The van der Waals surface area contributed by atoms with Crippen LogP contribution in [0.3, 0.4) is 0 Å². The predicted octanol–water partition coefficient (Wildman–Crippen LogP) is 3.98. The Morgan fingerprint density at radius 3 is 2.71 bits per heavy atom. The summed E-state index contributed by atoms with van der Waals surface area (Å²) in [5.74, 6) is 0.747. The number of anilines is 1. The van der Waals surface area contributed by atoms with Gasteiger partial charge in [-0.3, -0.25) is 0 Å². The van der Waals surface area contributed by atoms with Crippen LogP contribution in [0.25, 0.3) is 0 Å². The van der Waals surface area contributed by atoms with E-state index in [1.807, 2.05) is 37.3 Å². The van der Waals surface area contributed by atoms with Crippen LogP contribution in [0.15, 0.2) is 42.5 Å². The van der Waals surface area contributed by atoms with Gasteiger partial charge in [0, 0.05) is 22.8 Å². The number of carbonyl (C=O) groups excluding carboxylic acids is 1. The average molecular weight is 305 g/mol. The number of nitrogens with one attached hydrogen (secondary N) is 2. The molecule has 0 aliphatic rings. The molecule has 4 nitrogen and oxygen atoms in total. The summed E-state index contributed by atoms with van der Waals surface area (Å²) in [6, 6.07) is 12.7. The lowest BCUT2D eigenvalue weighted by molar-refractivity contribution is 0.251. The lowest BCUT2D eigenvalue weighted by Crippen LogP contribution is -2.28. The van der Waals surface area contributed by atoms with E-state index in [2.05, 4.69) is 10.6 Å². The van der Waals surface area contributed by atoms with E-state index in [1.54, 1.807) is 19.2 Å². The molecule has 0 aliphatic heterocycles. The van der Waals surface area contributed by atoms with Crippen molar-refractivity contribution >= 4 is 23.3 Å². The Bertz CT molecular complexity index is 644. The van der Waals surface area contributed by atoms with Crippen molar-refractivity contribution in [3.05, 3.63) is 58.6 Å². The summed E-state index contributed by atoms with van der Waals surface area (Å²) in [7, 11) is 1.61. The minimum atomic E-state index is -0.286. The van der Waals surface area contributed by atoms with Crippen LogP contribution in [-0.2, 0) is 6.54 Å². The van der Waals surface area contributed by atoms with Crippen molar-refractivity contribution in [2.45, 2.75) is 13.5 Å². The number of hydrogen-bond acceptors (Lipinski definition) is 2. The van der Waals surface area contributed by atoms with E-state index in [9.17, 15) is 4.79 Å². The van der Waals surface area contributed by atoms with E-state index in [1.165, 1.54) is 0 Å². The molecule has 2 N–H and O–H groups in total. The topological polar surface area (TPSA) is 50.4 Å². The maximum atomic E-state index is 11.9. The number of ether oxygens (including phenoxy) is 1. The lowest BCUT2D eigenvalue weighted by Gasteiger charge is -2.12. The van der Waals surface area contributed by atoms with Crippen LogP contribution in [0, 0.1) is 6.92 Å². The zero-order chi connectivity index (χ0) is 15.2. The Morgan fingerprint density at radius 2 is 1.95 bits per heavy atom. The molecule has 0 atom stereocenters. The number of benzene rings is 2. The molecule has 5 heteroatoms. The molecule has 0 unspecified atom stereocenters. The SMILES string of the molecule is COc1ccccc1CNC(=O)Nc1cccc(Cl)c1C. The van der Waals surface area contributed by atoms with Crippen molar-refractivity contribution < 1.29 is 9.53 Å². The molecular formula is C16H17ClN2O2. The highest BCUT2D eigenvalue weighted by molar-refractivity contribution is 6.31. The van der Waals surface area contributed by atoms with Crippen LogP contribution in [0.4, 0.5) is 10.5 Å². The van der Waals surface area contributed by atoms with Gasteiger partial charge in [0.15, 0.2) is 0 Å². The summed E-state index contributed by atoms with van der Waals surface area (Å²) in [5.41, 5.74) is 2.45. The van der Waals surface area contributed by atoms with Crippen molar-refractivity contribution in [3.63, 3.8) is 0 Å². The van der Waals surface area contributed by atoms with E-state index >= 15 is 0 Å². The summed E-state index contributed by atoms with van der Waals surface area (Å²) < 4.78 is 5.24. The summed E-state index contributed by atoms with van der Waals surface area (Å²) in [6.45, 7) is 2.24. The molecule has 0 saturated carbocycles. The second-order valence-electron chi connectivity index (χ2n) is 4.53. The van der Waals surface area contributed by atoms with Gasteiger partial charge in [-0.2, -0.15) is 0 Å². The number of amides is 2. The van der Waals surface area contributed by atoms with Crippen molar-refractivity contribution in [2.75, 3.05) is 12.4 Å². The molecule has 0 aliphatic carbocycles. The molecule has 2 aromatic rings. The fourth-order valence-corrected chi connectivity index (χ4v) is 2.11. The summed E-state index contributed by atoms with van der Waals surface area (Å²) in [5, 5.41) is 6.20. The highest BCUT2D eigenvalue weighted by atomic mass is 35.5. The first kappa shape index (κ1) is 15.2. The fourth-order valence-electron chi connectivity index (χ4n) is 1.93. The standard InChI is InChI=1S/C16H17ClN2O2/c1-11-13(17)7-5-8-14(11)19-16(20)18-10-12-6-3-4-9-15(12)21-2/h3-9H,10H2,1-2H3,(H2,18,19,20). The summed E-state index contributed by atoms with van der Waals surface area (Å²) >= 11 is 6.02. The molecule has 2 amide bonds. The number of rotatable bonds is 4. The van der Waals surface area contributed by atoms with Crippen LogP contribution < -0.4 is 15.4 Å². The van der Waals surface area contributed by atoms with Gasteiger partial charge in [0.2, 0.25) is 0 Å². The van der Waals surface area contributed by atoms with Gasteiger partial charge in [-0.25, -0.2) is 4.79 Å². The molecule has 0 saturated heterocycles. The van der Waals surface area contributed by atoms with Crippen LogP contribution in [0.5, 0.6) is 5.75 Å². The van der Waals surface area contributed by atoms with Crippen molar-refractivity contribution in [3.8, 4) is 5.75 Å². The minimum Gasteiger partial charge on any atom is -0.496 e. The van der Waals surface area contributed by atoms with Gasteiger partial charge in [-0.1, -0.05) is 35.9 Å². The largest absolute Gasteiger partial charge is 0.496 e. The quantitative estimate of drug-likeness (QED) is 0.897. The summed E-state index contributed by atoms with van der Waals surface area (Å²) in [4.78, 5) is 11.9. The number of methoxy groups -OCH3 is 1. The summed E-state index contributed by atoms with van der Waals surface area (Å²) in [6.07, 6.45) is 0. The van der Waals surface area contributed by atoms with Gasteiger partial charge in [0.25, 0.3) is 0 Å². The second kappa shape index (κ2) is 6.99. The van der Waals surface area contributed by atoms with Gasteiger partial charge < -0.3 is 15.4 Å². The highest BCUT2D eigenvalue weighted by Crippen LogP contribution is 2.23. The average Bonchev–Trinajstić information content (AvgIpc) is 2.50. The van der Waals surface area contributed by atoms with Crippen LogP contribution in [-0.4, -0.2) is 13.1 Å². The first-order chi connectivity index (χ1) is 10.1. The van der Waals surface area contributed by atoms with Crippen LogP contribution >= 0.6 is 11.6 Å². The second-order valence-corrected chi connectivity index (χ2v) is 4.94. The number of carbonyl (C=O) groups is 1. The molecule has 110 valence electrons. The zero-order valence-corrected chi connectivity index (χ0v) is 12.7. The maximum absolute atomic E-state index is 11.9. The number of urea groups is 1. The third-order valence-corrected chi connectivity index (χ3v) is 3.56. The third-order valence-electron chi connectivity index (χ3n) is 3.15. The van der Waals surface area contributed by atoms with Crippen molar-refractivity contribution in [1.82, 2.24) is 5.32 Å². The van der Waals surface area contributed by atoms with Gasteiger partial charge >= 0.3 is 6.03 Å².